The summed E-state index contributed by atoms with van der Waals surface area (Å²) in [7, 11) is 0. The highest BCUT2D eigenvalue weighted by molar-refractivity contribution is 9.09. The first-order valence-electron chi connectivity index (χ1n) is 3.16. The van der Waals surface area contributed by atoms with Gasteiger partial charge in [0.2, 0.25) is 0 Å². The van der Waals surface area contributed by atoms with Crippen LogP contribution in [0, 0.1) is 5.92 Å². The van der Waals surface area contributed by atoms with E-state index in [1.165, 1.54) is 19.3 Å². The van der Waals surface area contributed by atoms with Gasteiger partial charge in [0, 0.05) is 5.33 Å². The van der Waals surface area contributed by atoms with Gasteiger partial charge in [0.15, 0.2) is 0 Å². The highest BCUT2D eigenvalue weighted by Gasteiger charge is 2.06. The summed E-state index contributed by atoms with van der Waals surface area (Å²) in [6, 6.07) is 0. The molecule has 0 aromatic heterocycles. The molecule has 0 fully saturated rings. The summed E-state index contributed by atoms with van der Waals surface area (Å²) in [6.07, 6.45) is 8.62. The maximum absolute atomic E-state index is 3.43. The number of hydrogen-bond donors (Lipinski definition) is 0. The molecular formula is C7H11Br. The zero-order chi connectivity index (χ0) is 5.82. The van der Waals surface area contributed by atoms with Crippen LogP contribution in [0.2, 0.25) is 0 Å². The van der Waals surface area contributed by atoms with Crippen molar-refractivity contribution in [2.24, 2.45) is 5.92 Å². The van der Waals surface area contributed by atoms with Crippen LogP contribution in [-0.4, -0.2) is 5.33 Å². The first-order valence-corrected chi connectivity index (χ1v) is 4.28. The van der Waals surface area contributed by atoms with Crippen LogP contribution in [0.25, 0.3) is 0 Å². The molecule has 0 spiro atoms. The van der Waals surface area contributed by atoms with Crippen LogP contribution in [-0.2, 0) is 0 Å². The van der Waals surface area contributed by atoms with E-state index in [1.54, 1.807) is 0 Å². The Morgan fingerprint density at radius 3 is 3.00 bits per heavy atom. The molecular weight excluding hydrogens is 164 g/mol. The van der Waals surface area contributed by atoms with Gasteiger partial charge in [-0.05, 0) is 25.2 Å². The average Bonchev–Trinajstić information content (AvgIpc) is 2.19. The lowest BCUT2D eigenvalue weighted by atomic mass is 10.1. The van der Waals surface area contributed by atoms with Gasteiger partial charge in [-0.25, -0.2) is 0 Å². The first kappa shape index (κ1) is 6.34. The van der Waals surface area contributed by atoms with Gasteiger partial charge in [-0.2, -0.15) is 0 Å². The van der Waals surface area contributed by atoms with Crippen molar-refractivity contribution in [1.29, 1.82) is 0 Å². The summed E-state index contributed by atoms with van der Waals surface area (Å²) in [5.74, 6) is 0.884. The normalized spacial score (nSPS) is 26.9. The summed E-state index contributed by atoms with van der Waals surface area (Å²) < 4.78 is 0. The minimum absolute atomic E-state index is 0.884. The second kappa shape index (κ2) is 3.29. The lowest BCUT2D eigenvalue weighted by molar-refractivity contribution is 0.619. The van der Waals surface area contributed by atoms with E-state index in [-0.39, 0.29) is 0 Å². The Hall–Kier alpha value is 0.220. The number of allylic oxidation sites excluding steroid dienone is 2. The Balaban J connectivity index is 2.16. The second-order valence-electron chi connectivity index (χ2n) is 2.24. The van der Waals surface area contributed by atoms with E-state index in [0.717, 1.165) is 11.2 Å². The first-order chi connectivity index (χ1) is 3.93. The number of hydrogen-bond acceptors (Lipinski definition) is 0. The maximum atomic E-state index is 3.43. The molecule has 1 unspecified atom stereocenters. The molecule has 0 aromatic carbocycles. The van der Waals surface area contributed by atoms with Crippen molar-refractivity contribution in [3.8, 4) is 0 Å². The van der Waals surface area contributed by atoms with Crippen LogP contribution in [0.5, 0.6) is 0 Å². The molecule has 0 heterocycles. The molecule has 1 rings (SSSR count). The van der Waals surface area contributed by atoms with Crippen molar-refractivity contribution < 1.29 is 0 Å². The molecule has 46 valence electrons. The number of rotatable bonds is 2. The third kappa shape index (κ3) is 1.62. The molecule has 0 saturated carbocycles. The Labute approximate surface area is 59.1 Å². The molecule has 1 heteroatoms. The molecule has 0 N–H and O–H groups in total. The predicted octanol–water partition coefficient (Wildman–Crippen LogP) is 2.74. The van der Waals surface area contributed by atoms with E-state index in [1.807, 2.05) is 0 Å². The largest absolute Gasteiger partial charge is 0.0928 e. The highest BCUT2D eigenvalue weighted by atomic mass is 79.9. The smallest absolute Gasteiger partial charge is 0.00369 e. The SMILES string of the molecule is BrCCC1C=CCC1. The minimum Gasteiger partial charge on any atom is -0.0928 e. The van der Waals surface area contributed by atoms with E-state index >= 15 is 0 Å². The fourth-order valence-corrected chi connectivity index (χ4v) is 1.66. The third-order valence-electron chi connectivity index (χ3n) is 1.59. The van der Waals surface area contributed by atoms with E-state index in [9.17, 15) is 0 Å². The standard InChI is InChI=1S/C7H11Br/c8-6-5-7-3-1-2-4-7/h1,3,7H,2,4-6H2. The van der Waals surface area contributed by atoms with E-state index in [4.69, 9.17) is 0 Å². The van der Waals surface area contributed by atoms with Gasteiger partial charge in [0.05, 0.1) is 0 Å². The van der Waals surface area contributed by atoms with Gasteiger partial charge in [0.25, 0.3) is 0 Å². The van der Waals surface area contributed by atoms with Crippen molar-refractivity contribution in [1.82, 2.24) is 0 Å². The Kier molecular flexibility index (Phi) is 2.60. The molecule has 1 atom stereocenters. The molecule has 0 aromatic rings. The van der Waals surface area contributed by atoms with Crippen LogP contribution in [0.3, 0.4) is 0 Å². The Morgan fingerprint density at radius 2 is 2.50 bits per heavy atom. The van der Waals surface area contributed by atoms with E-state index < -0.39 is 0 Å². The van der Waals surface area contributed by atoms with E-state index in [0.29, 0.717) is 0 Å². The summed E-state index contributed by atoms with van der Waals surface area (Å²) in [6.45, 7) is 0. The van der Waals surface area contributed by atoms with Crippen LogP contribution < -0.4 is 0 Å². The fourth-order valence-electron chi connectivity index (χ4n) is 1.08. The second-order valence-corrected chi connectivity index (χ2v) is 3.04. The monoisotopic (exact) mass is 174 g/mol. The van der Waals surface area contributed by atoms with Crippen LogP contribution >= 0.6 is 15.9 Å². The Morgan fingerprint density at radius 1 is 1.62 bits per heavy atom. The number of alkyl halides is 1. The number of halogens is 1. The van der Waals surface area contributed by atoms with Crippen LogP contribution in [0.4, 0.5) is 0 Å². The van der Waals surface area contributed by atoms with Gasteiger partial charge < -0.3 is 0 Å². The van der Waals surface area contributed by atoms with Crippen molar-refractivity contribution in [3.05, 3.63) is 12.2 Å². The van der Waals surface area contributed by atoms with Crippen molar-refractivity contribution >= 4 is 15.9 Å². The van der Waals surface area contributed by atoms with Gasteiger partial charge in [-0.1, -0.05) is 28.1 Å². The highest BCUT2D eigenvalue weighted by Crippen LogP contribution is 2.20. The molecule has 0 nitrogen and oxygen atoms in total. The minimum atomic E-state index is 0.884. The summed E-state index contributed by atoms with van der Waals surface area (Å²) in [5, 5.41) is 1.15. The van der Waals surface area contributed by atoms with Crippen LogP contribution in [0.1, 0.15) is 19.3 Å². The van der Waals surface area contributed by atoms with Gasteiger partial charge in [-0.15, -0.1) is 0 Å². The molecule has 0 amide bonds. The van der Waals surface area contributed by atoms with Gasteiger partial charge in [-0.3, -0.25) is 0 Å². The van der Waals surface area contributed by atoms with Crippen molar-refractivity contribution in [2.75, 3.05) is 5.33 Å². The predicted molar refractivity (Wildman–Crippen MR) is 40.3 cm³/mol. The lowest BCUT2D eigenvalue weighted by Gasteiger charge is -2.00. The maximum Gasteiger partial charge on any atom is 0.00369 e. The molecule has 1 aliphatic carbocycles. The summed E-state index contributed by atoms with van der Waals surface area (Å²) in [4.78, 5) is 0. The fraction of sp³-hybridized carbons (Fsp3) is 0.714. The van der Waals surface area contributed by atoms with Crippen molar-refractivity contribution in [3.63, 3.8) is 0 Å². The zero-order valence-electron chi connectivity index (χ0n) is 4.94. The zero-order valence-corrected chi connectivity index (χ0v) is 6.52. The van der Waals surface area contributed by atoms with Crippen LogP contribution in [0.15, 0.2) is 12.2 Å². The molecule has 8 heavy (non-hydrogen) atoms. The molecule has 0 saturated heterocycles. The lowest BCUT2D eigenvalue weighted by Crippen LogP contribution is -1.90. The third-order valence-corrected chi connectivity index (χ3v) is 2.05. The molecule has 0 bridgehead atoms. The summed E-state index contributed by atoms with van der Waals surface area (Å²) >= 11 is 3.43. The van der Waals surface area contributed by atoms with Crippen molar-refractivity contribution in [2.45, 2.75) is 19.3 Å². The molecule has 0 radical (unpaired) electrons. The quantitative estimate of drug-likeness (QED) is 0.447. The topological polar surface area (TPSA) is 0 Å². The summed E-state index contributed by atoms with van der Waals surface area (Å²) in [5.41, 5.74) is 0. The Bertz CT molecular complexity index is 86.4. The van der Waals surface area contributed by atoms with Gasteiger partial charge >= 0.3 is 0 Å². The average molecular weight is 175 g/mol. The molecule has 1 aliphatic rings. The van der Waals surface area contributed by atoms with Gasteiger partial charge in [0.1, 0.15) is 0 Å². The van der Waals surface area contributed by atoms with E-state index in [2.05, 4.69) is 28.1 Å². The molecule has 0 aliphatic heterocycles.